The molecule has 7 heteroatoms. The van der Waals surface area contributed by atoms with Crippen LogP contribution in [-0.2, 0) is 23.6 Å². The summed E-state index contributed by atoms with van der Waals surface area (Å²) >= 11 is 14.4. The number of rotatable bonds is 2. The van der Waals surface area contributed by atoms with E-state index in [1.54, 1.807) is 7.11 Å². The van der Waals surface area contributed by atoms with Crippen molar-refractivity contribution in [2.45, 2.75) is 0 Å². The lowest BCUT2D eigenvalue weighted by Crippen LogP contribution is -2.00. The zero-order valence-corrected chi connectivity index (χ0v) is 12.3. The largest absolute Gasteiger partial charge is 0.497 e. The van der Waals surface area contributed by atoms with Crippen LogP contribution < -0.4 is 10.0 Å². The van der Waals surface area contributed by atoms with Crippen molar-refractivity contribution in [3.8, 4) is 5.75 Å². The monoisotopic (exact) mass is 297 g/mol. The standard InChI is InChI=1S/C7H7OP2S4/c1-8-6-2-4-7(5-3-6)10(12)13-9(11)14-10/h2-5H,1H3/q+1. The van der Waals surface area contributed by atoms with Gasteiger partial charge in [0.15, 0.2) is 38.3 Å². The minimum atomic E-state index is -1.40. The SMILES string of the molecule is COc1ccc(P2(=S)S[P+](=S)S2)cc1. The van der Waals surface area contributed by atoms with E-state index in [0.717, 1.165) is 5.75 Å². The number of ether oxygens (including phenoxy) is 1. The van der Waals surface area contributed by atoms with Crippen LogP contribution in [-0.4, -0.2) is 7.11 Å². The molecule has 0 radical (unpaired) electrons. The fourth-order valence-electron chi connectivity index (χ4n) is 1.04. The van der Waals surface area contributed by atoms with E-state index < -0.39 is 4.44 Å². The third-order valence-electron chi connectivity index (χ3n) is 1.74. The highest BCUT2D eigenvalue weighted by Gasteiger charge is 2.48. The van der Waals surface area contributed by atoms with Crippen LogP contribution >= 0.6 is 31.5 Å². The Bertz CT molecular complexity index is 404. The van der Waals surface area contributed by atoms with Gasteiger partial charge in [0.05, 0.1) is 7.11 Å². The molecule has 0 atom stereocenters. The Balaban J connectivity index is 2.26. The van der Waals surface area contributed by atoms with Crippen molar-refractivity contribution < 1.29 is 4.74 Å². The van der Waals surface area contributed by atoms with Gasteiger partial charge in [-0.25, -0.2) is 0 Å². The molecular formula is C7H7OP2S4+. The Morgan fingerprint density at radius 2 is 1.86 bits per heavy atom. The second kappa shape index (κ2) is 4.40. The Labute approximate surface area is 102 Å². The lowest BCUT2D eigenvalue weighted by atomic mass is 10.3. The van der Waals surface area contributed by atoms with Gasteiger partial charge in [-0.1, -0.05) is 11.8 Å². The zero-order chi connectivity index (χ0) is 10.2. The van der Waals surface area contributed by atoms with E-state index >= 15 is 0 Å². The summed E-state index contributed by atoms with van der Waals surface area (Å²) in [5.41, 5.74) is 0. The van der Waals surface area contributed by atoms with Gasteiger partial charge in [0.2, 0.25) is 0 Å². The van der Waals surface area contributed by atoms with Crippen molar-refractivity contribution in [3.05, 3.63) is 24.3 Å². The molecule has 1 nitrogen and oxygen atoms in total. The molecule has 0 saturated carbocycles. The summed E-state index contributed by atoms with van der Waals surface area (Å²) in [6.07, 6.45) is 0. The summed E-state index contributed by atoms with van der Waals surface area (Å²) in [4.78, 5) is 0. The third kappa shape index (κ3) is 2.18. The third-order valence-corrected chi connectivity index (χ3v) is 28.0. The number of hydrogen-bond donors (Lipinski definition) is 0. The molecule has 0 unspecified atom stereocenters. The van der Waals surface area contributed by atoms with Crippen molar-refractivity contribution in [3.63, 3.8) is 0 Å². The predicted molar refractivity (Wildman–Crippen MR) is 76.4 cm³/mol. The molecule has 0 bridgehead atoms. The average Bonchev–Trinajstić information content (AvgIpc) is 2.16. The van der Waals surface area contributed by atoms with Crippen LogP contribution in [0.15, 0.2) is 24.3 Å². The molecule has 74 valence electrons. The van der Waals surface area contributed by atoms with Gasteiger partial charge >= 0.3 is 5.10 Å². The smallest absolute Gasteiger partial charge is 0.329 e. The van der Waals surface area contributed by atoms with Gasteiger partial charge < -0.3 is 4.74 Å². The van der Waals surface area contributed by atoms with Crippen LogP contribution in [0, 0.1) is 0 Å². The van der Waals surface area contributed by atoms with Crippen LogP contribution in [0.3, 0.4) is 0 Å². The molecular weight excluding hydrogens is 290 g/mol. The molecule has 1 aliphatic heterocycles. The second-order valence-corrected chi connectivity index (χ2v) is 21.2. The maximum atomic E-state index is 5.60. The number of hydrogen-bond acceptors (Lipinski definition) is 5. The molecule has 1 aromatic carbocycles. The van der Waals surface area contributed by atoms with Gasteiger partial charge in [-0.15, -0.1) is 0 Å². The second-order valence-electron chi connectivity index (χ2n) is 2.58. The van der Waals surface area contributed by atoms with E-state index in [2.05, 4.69) is 12.1 Å². The maximum absolute atomic E-state index is 5.60. The van der Waals surface area contributed by atoms with Crippen LogP contribution in [0.1, 0.15) is 0 Å². The van der Waals surface area contributed by atoms with Crippen LogP contribution in [0.2, 0.25) is 0 Å². The minimum absolute atomic E-state index is 0.310. The molecule has 1 saturated heterocycles. The van der Waals surface area contributed by atoms with Gasteiger partial charge in [-0.3, -0.25) is 0 Å². The van der Waals surface area contributed by atoms with Crippen molar-refractivity contribution in [1.29, 1.82) is 0 Å². The molecule has 14 heavy (non-hydrogen) atoms. The average molecular weight is 297 g/mol. The summed E-state index contributed by atoms with van der Waals surface area (Å²) < 4.78 is 3.71. The zero-order valence-electron chi connectivity index (χ0n) is 7.25. The van der Waals surface area contributed by atoms with E-state index in [1.165, 1.54) is 5.30 Å². The van der Waals surface area contributed by atoms with Gasteiger partial charge in [-0.05, 0) is 24.3 Å². The Morgan fingerprint density at radius 3 is 2.29 bits per heavy atom. The van der Waals surface area contributed by atoms with E-state index in [-0.39, 0.29) is 5.10 Å². The molecule has 1 heterocycles. The summed E-state index contributed by atoms with van der Waals surface area (Å²) in [6.45, 7) is 0. The van der Waals surface area contributed by atoms with E-state index in [4.69, 9.17) is 28.4 Å². The first-order chi connectivity index (χ1) is 6.64. The van der Waals surface area contributed by atoms with Crippen molar-refractivity contribution in [2.75, 3.05) is 7.11 Å². The van der Waals surface area contributed by atoms with Crippen LogP contribution in [0.5, 0.6) is 5.75 Å². The molecule has 0 N–H and O–H groups in total. The highest BCUT2D eigenvalue weighted by Crippen LogP contribution is 2.96. The summed E-state index contributed by atoms with van der Waals surface area (Å²) in [7, 11) is 1.67. The van der Waals surface area contributed by atoms with Gasteiger partial charge in [0.25, 0.3) is 0 Å². The minimum Gasteiger partial charge on any atom is -0.497 e. The van der Waals surface area contributed by atoms with Gasteiger partial charge in [0, 0.05) is 5.30 Å². The molecule has 0 spiro atoms. The van der Waals surface area contributed by atoms with E-state index in [0.29, 0.717) is 0 Å². The molecule has 0 aliphatic carbocycles. The highest BCUT2D eigenvalue weighted by molar-refractivity contribution is 9.44. The normalized spacial score (nSPS) is 28.2. The van der Waals surface area contributed by atoms with Gasteiger partial charge in [-0.2, -0.15) is 0 Å². The first kappa shape index (κ1) is 11.4. The fraction of sp³-hybridized carbons (Fsp3) is 0.143. The maximum Gasteiger partial charge on any atom is 0.329 e. The lowest BCUT2D eigenvalue weighted by Gasteiger charge is -2.17. The first-order valence-corrected chi connectivity index (χ1v) is 13.0. The molecule has 0 aromatic heterocycles. The molecule has 2 rings (SSSR count). The first-order valence-electron chi connectivity index (χ1n) is 3.75. The van der Waals surface area contributed by atoms with E-state index in [9.17, 15) is 0 Å². The Kier molecular flexibility index (Phi) is 3.58. The quantitative estimate of drug-likeness (QED) is 0.764. The molecule has 1 fully saturated rings. The lowest BCUT2D eigenvalue weighted by molar-refractivity contribution is 0.415. The number of methoxy groups -OCH3 is 1. The molecule has 0 amide bonds. The Hall–Kier alpha value is 0.890. The van der Waals surface area contributed by atoms with Crippen molar-refractivity contribution in [1.82, 2.24) is 0 Å². The molecule has 1 aliphatic rings. The van der Waals surface area contributed by atoms with Crippen molar-refractivity contribution >= 4 is 60.5 Å². The fourth-order valence-corrected chi connectivity index (χ4v) is 32.9. The summed E-state index contributed by atoms with van der Waals surface area (Å²) in [5, 5.41) is 0.947. The summed E-state index contributed by atoms with van der Waals surface area (Å²) in [6, 6.07) is 8.07. The highest BCUT2D eigenvalue weighted by atomic mass is 33.7. The number of benzene rings is 1. The van der Waals surface area contributed by atoms with Crippen LogP contribution in [0.4, 0.5) is 0 Å². The van der Waals surface area contributed by atoms with Gasteiger partial charge in [0.1, 0.15) is 5.75 Å². The molecule has 1 aromatic rings. The van der Waals surface area contributed by atoms with E-state index in [1.807, 2.05) is 34.1 Å². The Morgan fingerprint density at radius 1 is 1.29 bits per heavy atom. The predicted octanol–water partition coefficient (Wildman–Crippen LogP) is 3.88. The van der Waals surface area contributed by atoms with Crippen molar-refractivity contribution in [2.24, 2.45) is 0 Å². The van der Waals surface area contributed by atoms with Crippen LogP contribution in [0.25, 0.3) is 0 Å². The summed E-state index contributed by atoms with van der Waals surface area (Å²) in [5.74, 6) is 0.881. The topological polar surface area (TPSA) is 9.23 Å².